The molecule has 0 spiro atoms. The fraction of sp³-hybridized carbons (Fsp3) is 0.727. The molecule has 0 aliphatic heterocycles. The number of aromatic nitrogens is 1. The summed E-state index contributed by atoms with van der Waals surface area (Å²) in [6, 6.07) is 0.304. The summed E-state index contributed by atoms with van der Waals surface area (Å²) >= 11 is 1.58. The van der Waals surface area contributed by atoms with Crippen LogP contribution in [0.25, 0.3) is 0 Å². The first-order valence-corrected chi connectivity index (χ1v) is 8.54. The maximum Gasteiger partial charge on any atom is 0.212 e. The van der Waals surface area contributed by atoms with Crippen LogP contribution in [0.5, 0.6) is 0 Å². The fourth-order valence-electron chi connectivity index (χ4n) is 1.41. The Morgan fingerprint density at radius 1 is 1.39 bits per heavy atom. The molecule has 0 saturated heterocycles. The third-order valence-corrected chi connectivity index (χ3v) is 4.50. The van der Waals surface area contributed by atoms with Gasteiger partial charge in [-0.1, -0.05) is 13.8 Å². The van der Waals surface area contributed by atoms with Crippen LogP contribution < -0.4 is 10.0 Å². The van der Waals surface area contributed by atoms with Gasteiger partial charge in [0.25, 0.3) is 0 Å². The molecule has 18 heavy (non-hydrogen) atoms. The van der Waals surface area contributed by atoms with E-state index < -0.39 is 10.0 Å². The molecule has 0 aliphatic rings. The number of hydrogen-bond donors (Lipinski definition) is 2. The number of rotatable bonds is 8. The first kappa shape index (κ1) is 15.6. The third-order valence-electron chi connectivity index (χ3n) is 2.29. The van der Waals surface area contributed by atoms with E-state index in [2.05, 4.69) is 15.0 Å². The van der Waals surface area contributed by atoms with Crippen molar-refractivity contribution in [1.82, 2.24) is 15.0 Å². The van der Waals surface area contributed by atoms with E-state index in [-0.39, 0.29) is 5.75 Å². The van der Waals surface area contributed by atoms with Crippen molar-refractivity contribution >= 4 is 21.4 Å². The average molecular weight is 291 g/mol. The van der Waals surface area contributed by atoms with E-state index >= 15 is 0 Å². The van der Waals surface area contributed by atoms with Crippen molar-refractivity contribution in [2.24, 2.45) is 0 Å². The molecular formula is C11H21N3O2S2. The van der Waals surface area contributed by atoms with Crippen molar-refractivity contribution in [3.8, 4) is 0 Å². The molecule has 0 radical (unpaired) electrons. The Balaban J connectivity index is 2.25. The number of hydrogen-bond acceptors (Lipinski definition) is 5. The van der Waals surface area contributed by atoms with Gasteiger partial charge in [0, 0.05) is 30.9 Å². The molecule has 0 unspecified atom stereocenters. The summed E-state index contributed by atoms with van der Waals surface area (Å²) in [5, 5.41) is 6.05. The zero-order chi connectivity index (χ0) is 13.6. The quantitative estimate of drug-likeness (QED) is 0.747. The second-order valence-electron chi connectivity index (χ2n) is 4.43. The third kappa shape index (κ3) is 6.44. The van der Waals surface area contributed by atoms with Crippen molar-refractivity contribution in [1.29, 1.82) is 0 Å². The minimum absolute atomic E-state index is 0.112. The van der Waals surface area contributed by atoms with E-state index in [4.69, 9.17) is 0 Å². The maximum absolute atomic E-state index is 11.6. The zero-order valence-corrected chi connectivity index (χ0v) is 12.7. The highest BCUT2D eigenvalue weighted by Crippen LogP contribution is 2.07. The number of aryl methyl sites for hydroxylation is 1. The van der Waals surface area contributed by atoms with Gasteiger partial charge in [-0.15, -0.1) is 11.3 Å². The summed E-state index contributed by atoms with van der Waals surface area (Å²) in [4.78, 5) is 4.29. The van der Waals surface area contributed by atoms with Crippen LogP contribution in [-0.4, -0.2) is 38.3 Å². The molecule has 1 aromatic heterocycles. The van der Waals surface area contributed by atoms with E-state index in [0.717, 1.165) is 10.7 Å². The molecule has 0 aliphatic carbocycles. The summed E-state index contributed by atoms with van der Waals surface area (Å²) in [7, 11) is -3.18. The van der Waals surface area contributed by atoms with Crippen LogP contribution in [0.1, 0.15) is 24.5 Å². The van der Waals surface area contributed by atoms with Gasteiger partial charge >= 0.3 is 0 Å². The Morgan fingerprint density at radius 3 is 2.67 bits per heavy atom. The largest absolute Gasteiger partial charge is 0.313 e. The van der Waals surface area contributed by atoms with E-state index in [1.807, 2.05) is 26.2 Å². The number of nitrogens with zero attached hydrogens (tertiary/aromatic N) is 1. The molecule has 104 valence electrons. The minimum Gasteiger partial charge on any atom is -0.313 e. The van der Waals surface area contributed by atoms with Gasteiger partial charge in [-0.2, -0.15) is 0 Å². The lowest BCUT2D eigenvalue weighted by Crippen LogP contribution is -2.35. The molecule has 1 aromatic rings. The van der Waals surface area contributed by atoms with Crippen LogP contribution in [0, 0.1) is 6.92 Å². The highest BCUT2D eigenvalue weighted by Gasteiger charge is 2.09. The highest BCUT2D eigenvalue weighted by atomic mass is 32.2. The molecular weight excluding hydrogens is 270 g/mol. The van der Waals surface area contributed by atoms with Crippen molar-refractivity contribution in [3.05, 3.63) is 16.1 Å². The normalized spacial score (nSPS) is 12.2. The molecule has 0 fully saturated rings. The molecule has 0 amide bonds. The zero-order valence-electron chi connectivity index (χ0n) is 11.1. The molecule has 0 bridgehead atoms. The molecule has 1 rings (SSSR count). The summed E-state index contributed by atoms with van der Waals surface area (Å²) in [6.07, 6.45) is 0.640. The van der Waals surface area contributed by atoms with Crippen molar-refractivity contribution in [3.63, 3.8) is 0 Å². The molecule has 0 atom stereocenters. The van der Waals surface area contributed by atoms with Crippen LogP contribution >= 0.6 is 11.3 Å². The summed E-state index contributed by atoms with van der Waals surface area (Å²) < 4.78 is 25.9. The van der Waals surface area contributed by atoms with Gasteiger partial charge in [-0.3, -0.25) is 0 Å². The number of nitrogens with one attached hydrogen (secondary N) is 2. The number of thiazole rings is 1. The Labute approximate surface area is 113 Å². The van der Waals surface area contributed by atoms with Crippen LogP contribution in [0.3, 0.4) is 0 Å². The molecule has 5 nitrogen and oxygen atoms in total. The first-order chi connectivity index (χ1) is 8.39. The van der Waals surface area contributed by atoms with Crippen LogP contribution in [-0.2, 0) is 16.4 Å². The van der Waals surface area contributed by atoms with Crippen LogP contribution in [0.4, 0.5) is 0 Å². The van der Waals surface area contributed by atoms with Gasteiger partial charge < -0.3 is 5.32 Å². The summed E-state index contributed by atoms with van der Waals surface area (Å²) in [5.74, 6) is 0.112. The topological polar surface area (TPSA) is 71.1 Å². The van der Waals surface area contributed by atoms with Gasteiger partial charge in [0.1, 0.15) is 0 Å². The lowest BCUT2D eigenvalue weighted by atomic mass is 10.3. The lowest BCUT2D eigenvalue weighted by Gasteiger charge is -2.09. The van der Waals surface area contributed by atoms with E-state index in [1.165, 1.54) is 0 Å². The van der Waals surface area contributed by atoms with Gasteiger partial charge in [0.05, 0.1) is 16.5 Å². The SMILES string of the molecule is Cc1nc(CCNS(=O)(=O)CCNC(C)C)cs1. The lowest BCUT2D eigenvalue weighted by molar-refractivity contribution is 0.567. The molecule has 0 saturated carbocycles. The Hall–Kier alpha value is -0.500. The van der Waals surface area contributed by atoms with Crippen molar-refractivity contribution in [2.45, 2.75) is 33.2 Å². The van der Waals surface area contributed by atoms with Crippen molar-refractivity contribution in [2.75, 3.05) is 18.8 Å². The average Bonchev–Trinajstić information content (AvgIpc) is 2.63. The van der Waals surface area contributed by atoms with Gasteiger partial charge in [0.2, 0.25) is 10.0 Å². The summed E-state index contributed by atoms with van der Waals surface area (Å²) in [6.45, 7) is 6.81. The van der Waals surface area contributed by atoms with Gasteiger partial charge in [-0.05, 0) is 6.92 Å². The minimum atomic E-state index is -3.18. The molecule has 7 heteroatoms. The predicted octanol–water partition coefficient (Wildman–Crippen LogP) is 0.911. The Kier molecular flexibility index (Phi) is 6.20. The standard InChI is InChI=1S/C11H21N3O2S2/c1-9(2)12-6-7-18(15,16)13-5-4-11-8-17-10(3)14-11/h8-9,12-13H,4-7H2,1-3H3. The Bertz CT molecular complexity index is 455. The van der Waals surface area contributed by atoms with E-state index in [0.29, 0.717) is 25.6 Å². The highest BCUT2D eigenvalue weighted by molar-refractivity contribution is 7.89. The van der Waals surface area contributed by atoms with E-state index in [1.54, 1.807) is 11.3 Å². The number of sulfonamides is 1. The smallest absolute Gasteiger partial charge is 0.212 e. The molecule has 0 aromatic carbocycles. The molecule has 2 N–H and O–H groups in total. The first-order valence-electron chi connectivity index (χ1n) is 6.01. The van der Waals surface area contributed by atoms with Crippen LogP contribution in [0.15, 0.2) is 5.38 Å². The maximum atomic E-state index is 11.6. The second kappa shape index (κ2) is 7.18. The molecule has 1 heterocycles. The summed E-state index contributed by atoms with van der Waals surface area (Å²) in [5.41, 5.74) is 0.945. The van der Waals surface area contributed by atoms with Crippen LogP contribution in [0.2, 0.25) is 0 Å². The van der Waals surface area contributed by atoms with E-state index in [9.17, 15) is 8.42 Å². The Morgan fingerprint density at radius 2 is 2.11 bits per heavy atom. The van der Waals surface area contributed by atoms with Gasteiger partial charge in [-0.25, -0.2) is 18.1 Å². The fourth-order valence-corrected chi connectivity index (χ4v) is 3.00. The monoisotopic (exact) mass is 291 g/mol. The van der Waals surface area contributed by atoms with Crippen molar-refractivity contribution < 1.29 is 8.42 Å². The predicted molar refractivity (Wildman–Crippen MR) is 75.5 cm³/mol. The second-order valence-corrected chi connectivity index (χ2v) is 7.42. The van der Waals surface area contributed by atoms with Gasteiger partial charge in [0.15, 0.2) is 0 Å².